The molecule has 0 radical (unpaired) electrons. The van der Waals surface area contributed by atoms with Crippen LogP contribution in [0, 0.1) is 11.8 Å². The fraction of sp³-hybridized carbons (Fsp3) is 0.857. The van der Waals surface area contributed by atoms with Crippen LogP contribution in [0.2, 0.25) is 0 Å². The summed E-state index contributed by atoms with van der Waals surface area (Å²) < 4.78 is 0. The first-order chi connectivity index (χ1) is 4.20. The molecule has 0 bridgehead atoms. The van der Waals surface area contributed by atoms with Crippen molar-refractivity contribution in [2.45, 2.75) is 26.2 Å². The highest BCUT2D eigenvalue weighted by atomic mass is 16.4. The third kappa shape index (κ3) is 1.44. The average molecular weight is 128 g/mol. The number of rotatable bonds is 1. The third-order valence-electron chi connectivity index (χ3n) is 2.04. The van der Waals surface area contributed by atoms with E-state index in [1.807, 2.05) is 0 Å². The standard InChI is InChI=1S/C7H12O2/c1-5-2-3-6(4-5)7(8)9/h5-6H,2-4H2,1H3,(H,8,9)/t5-,6?/m1/s1. The van der Waals surface area contributed by atoms with Gasteiger partial charge >= 0.3 is 5.97 Å². The van der Waals surface area contributed by atoms with Crippen LogP contribution < -0.4 is 0 Å². The zero-order valence-electron chi connectivity index (χ0n) is 5.63. The second-order valence-electron chi connectivity index (χ2n) is 2.95. The summed E-state index contributed by atoms with van der Waals surface area (Å²) in [6.07, 6.45) is 2.86. The molecule has 2 nitrogen and oxygen atoms in total. The number of aliphatic carboxylic acids is 1. The molecule has 1 aliphatic carbocycles. The molecule has 0 aromatic heterocycles. The molecule has 1 aliphatic rings. The highest BCUT2D eigenvalue weighted by molar-refractivity contribution is 5.70. The van der Waals surface area contributed by atoms with E-state index < -0.39 is 5.97 Å². The number of hydrogen-bond acceptors (Lipinski definition) is 1. The molecular weight excluding hydrogens is 116 g/mol. The lowest BCUT2D eigenvalue weighted by Gasteiger charge is -1.99. The minimum Gasteiger partial charge on any atom is -0.481 e. The molecule has 9 heavy (non-hydrogen) atoms. The molecule has 2 atom stereocenters. The van der Waals surface area contributed by atoms with E-state index >= 15 is 0 Å². The van der Waals surface area contributed by atoms with E-state index in [0.717, 1.165) is 19.3 Å². The van der Waals surface area contributed by atoms with Crippen molar-refractivity contribution in [3.8, 4) is 0 Å². The van der Waals surface area contributed by atoms with Crippen LogP contribution >= 0.6 is 0 Å². The van der Waals surface area contributed by atoms with Crippen LogP contribution in [0.5, 0.6) is 0 Å². The van der Waals surface area contributed by atoms with Crippen molar-refractivity contribution in [3.63, 3.8) is 0 Å². The van der Waals surface area contributed by atoms with Gasteiger partial charge in [0.15, 0.2) is 0 Å². The van der Waals surface area contributed by atoms with Crippen LogP contribution in [-0.4, -0.2) is 11.1 Å². The van der Waals surface area contributed by atoms with Crippen molar-refractivity contribution in [1.82, 2.24) is 0 Å². The van der Waals surface area contributed by atoms with Gasteiger partial charge in [0.25, 0.3) is 0 Å². The number of hydrogen-bond donors (Lipinski definition) is 1. The molecular formula is C7H12O2. The Labute approximate surface area is 54.9 Å². The van der Waals surface area contributed by atoms with E-state index in [9.17, 15) is 4.79 Å². The van der Waals surface area contributed by atoms with E-state index in [0.29, 0.717) is 5.92 Å². The summed E-state index contributed by atoms with van der Waals surface area (Å²) in [5, 5.41) is 8.53. The average Bonchev–Trinajstić information content (AvgIpc) is 2.14. The Kier molecular flexibility index (Phi) is 1.74. The lowest BCUT2D eigenvalue weighted by molar-refractivity contribution is -0.141. The summed E-state index contributed by atoms with van der Waals surface area (Å²) in [4.78, 5) is 10.3. The minimum absolute atomic E-state index is 0.0417. The molecule has 2 heteroatoms. The molecule has 0 saturated heterocycles. The van der Waals surface area contributed by atoms with E-state index in [-0.39, 0.29) is 5.92 Å². The molecule has 1 N–H and O–H groups in total. The molecule has 0 aliphatic heterocycles. The van der Waals surface area contributed by atoms with E-state index in [1.54, 1.807) is 0 Å². The van der Waals surface area contributed by atoms with Gasteiger partial charge in [-0.15, -0.1) is 0 Å². The predicted molar refractivity (Wildman–Crippen MR) is 34.1 cm³/mol. The molecule has 0 spiro atoms. The zero-order valence-corrected chi connectivity index (χ0v) is 5.63. The lowest BCUT2D eigenvalue weighted by Crippen LogP contribution is -2.08. The van der Waals surface area contributed by atoms with Crippen molar-refractivity contribution in [2.75, 3.05) is 0 Å². The van der Waals surface area contributed by atoms with Crippen molar-refractivity contribution >= 4 is 5.97 Å². The van der Waals surface area contributed by atoms with Gasteiger partial charge in [-0.05, 0) is 25.2 Å². The minimum atomic E-state index is -0.612. The van der Waals surface area contributed by atoms with Gasteiger partial charge in [0.1, 0.15) is 0 Å². The second-order valence-corrected chi connectivity index (χ2v) is 2.95. The molecule has 0 aromatic rings. The van der Waals surface area contributed by atoms with Crippen LogP contribution in [0.25, 0.3) is 0 Å². The first kappa shape index (κ1) is 6.59. The molecule has 0 aromatic carbocycles. The SMILES string of the molecule is C[C@@H]1CCC(C(=O)O)C1. The largest absolute Gasteiger partial charge is 0.481 e. The highest BCUT2D eigenvalue weighted by Crippen LogP contribution is 2.29. The zero-order chi connectivity index (χ0) is 6.85. The van der Waals surface area contributed by atoms with Gasteiger partial charge in [-0.25, -0.2) is 0 Å². The summed E-state index contributed by atoms with van der Waals surface area (Å²) in [6, 6.07) is 0. The first-order valence-electron chi connectivity index (χ1n) is 3.43. The maximum atomic E-state index is 10.3. The van der Waals surface area contributed by atoms with Gasteiger partial charge in [-0.3, -0.25) is 4.79 Å². The van der Waals surface area contributed by atoms with Gasteiger partial charge in [0, 0.05) is 0 Å². The maximum absolute atomic E-state index is 10.3. The Hall–Kier alpha value is -0.530. The van der Waals surface area contributed by atoms with Gasteiger partial charge in [0.2, 0.25) is 0 Å². The second kappa shape index (κ2) is 2.38. The van der Waals surface area contributed by atoms with Gasteiger partial charge in [-0.2, -0.15) is 0 Å². The van der Waals surface area contributed by atoms with E-state index in [1.165, 1.54) is 0 Å². The first-order valence-corrected chi connectivity index (χ1v) is 3.43. The lowest BCUT2D eigenvalue weighted by atomic mass is 10.1. The van der Waals surface area contributed by atoms with Crippen LogP contribution in [0.15, 0.2) is 0 Å². The Bertz CT molecular complexity index is 120. The summed E-state index contributed by atoms with van der Waals surface area (Å²) in [5.41, 5.74) is 0. The molecule has 1 rings (SSSR count). The number of carboxylic acid groups (broad SMARTS) is 1. The van der Waals surface area contributed by atoms with Crippen molar-refractivity contribution in [3.05, 3.63) is 0 Å². The summed E-state index contributed by atoms with van der Waals surface area (Å²) in [5.74, 6) is -0.0227. The van der Waals surface area contributed by atoms with Crippen molar-refractivity contribution < 1.29 is 9.90 Å². The Morgan fingerprint density at radius 2 is 2.22 bits per heavy atom. The molecule has 1 fully saturated rings. The highest BCUT2D eigenvalue weighted by Gasteiger charge is 2.26. The number of carbonyl (C=O) groups is 1. The molecule has 1 unspecified atom stereocenters. The van der Waals surface area contributed by atoms with E-state index in [4.69, 9.17) is 5.11 Å². The predicted octanol–water partition coefficient (Wildman–Crippen LogP) is 1.51. The van der Waals surface area contributed by atoms with Crippen LogP contribution in [0.1, 0.15) is 26.2 Å². The van der Waals surface area contributed by atoms with Gasteiger partial charge < -0.3 is 5.11 Å². The van der Waals surface area contributed by atoms with Crippen LogP contribution in [-0.2, 0) is 4.79 Å². The fourth-order valence-corrected chi connectivity index (χ4v) is 1.43. The quantitative estimate of drug-likeness (QED) is 0.581. The summed E-state index contributed by atoms with van der Waals surface area (Å²) in [7, 11) is 0. The normalized spacial score (nSPS) is 34.8. The maximum Gasteiger partial charge on any atom is 0.306 e. The topological polar surface area (TPSA) is 37.3 Å². The Morgan fingerprint density at radius 3 is 2.44 bits per heavy atom. The van der Waals surface area contributed by atoms with Crippen molar-refractivity contribution in [1.29, 1.82) is 0 Å². The van der Waals surface area contributed by atoms with Crippen LogP contribution in [0.3, 0.4) is 0 Å². The number of carboxylic acids is 1. The van der Waals surface area contributed by atoms with Gasteiger partial charge in [-0.1, -0.05) is 6.92 Å². The monoisotopic (exact) mass is 128 g/mol. The third-order valence-corrected chi connectivity index (χ3v) is 2.04. The Morgan fingerprint density at radius 1 is 1.56 bits per heavy atom. The van der Waals surface area contributed by atoms with Gasteiger partial charge in [0.05, 0.1) is 5.92 Å². The van der Waals surface area contributed by atoms with Crippen molar-refractivity contribution in [2.24, 2.45) is 11.8 Å². The molecule has 0 heterocycles. The smallest absolute Gasteiger partial charge is 0.306 e. The Balaban J connectivity index is 2.39. The summed E-state index contributed by atoms with van der Waals surface area (Å²) >= 11 is 0. The van der Waals surface area contributed by atoms with Crippen LogP contribution in [0.4, 0.5) is 0 Å². The molecule has 0 amide bonds. The summed E-state index contributed by atoms with van der Waals surface area (Å²) in [6.45, 7) is 2.11. The van der Waals surface area contributed by atoms with E-state index in [2.05, 4.69) is 6.92 Å². The fourth-order valence-electron chi connectivity index (χ4n) is 1.43. The molecule has 52 valence electrons. The molecule has 1 saturated carbocycles.